The number of nitrogens with one attached hydrogen (secondary N) is 2. The summed E-state index contributed by atoms with van der Waals surface area (Å²) >= 11 is 5.96. The van der Waals surface area contributed by atoms with Gasteiger partial charge in [-0.25, -0.2) is 13.1 Å². The monoisotopic (exact) mass is 404 g/mol. The Morgan fingerprint density at radius 1 is 1.11 bits per heavy atom. The van der Waals surface area contributed by atoms with Gasteiger partial charge in [0.2, 0.25) is 10.0 Å². The minimum absolute atomic E-state index is 0.00970. The number of benzene rings is 2. The Bertz CT molecular complexity index is 1060. The summed E-state index contributed by atoms with van der Waals surface area (Å²) in [6, 6.07) is 14.3. The molecule has 8 heteroatoms. The average molecular weight is 405 g/mol. The third kappa shape index (κ3) is 4.77. The summed E-state index contributed by atoms with van der Waals surface area (Å²) in [5.41, 5.74) is 1.63. The smallest absolute Gasteiger partial charge is 0.255 e. The van der Waals surface area contributed by atoms with Gasteiger partial charge < -0.3 is 9.73 Å². The van der Waals surface area contributed by atoms with Crippen LogP contribution in [-0.4, -0.2) is 14.3 Å². The summed E-state index contributed by atoms with van der Waals surface area (Å²) in [5, 5.41) is 3.24. The lowest BCUT2D eigenvalue weighted by molar-refractivity contribution is 0.102. The molecule has 0 bridgehead atoms. The number of halogens is 1. The summed E-state index contributed by atoms with van der Waals surface area (Å²) in [6.45, 7) is 1.86. The van der Waals surface area contributed by atoms with Crippen molar-refractivity contribution in [1.82, 2.24) is 4.72 Å². The molecule has 0 aliphatic rings. The average Bonchev–Trinajstić information content (AvgIpc) is 3.17. The molecule has 0 saturated carbocycles. The van der Waals surface area contributed by atoms with Crippen molar-refractivity contribution in [2.45, 2.75) is 18.4 Å². The summed E-state index contributed by atoms with van der Waals surface area (Å²) in [5.74, 6) is 0.0624. The number of rotatable bonds is 6. The molecular formula is C19H17ClN2O4S. The van der Waals surface area contributed by atoms with E-state index in [1.807, 2.05) is 6.92 Å². The highest BCUT2D eigenvalue weighted by atomic mass is 35.5. The minimum atomic E-state index is -3.79. The number of hydrogen-bond donors (Lipinski definition) is 2. The largest absolute Gasteiger partial charge is 0.468 e. The maximum Gasteiger partial charge on any atom is 0.255 e. The normalized spacial score (nSPS) is 11.3. The molecular weight excluding hydrogens is 388 g/mol. The van der Waals surface area contributed by atoms with Gasteiger partial charge in [0.1, 0.15) is 5.76 Å². The van der Waals surface area contributed by atoms with Gasteiger partial charge in [-0.15, -0.1) is 0 Å². The molecule has 0 unspecified atom stereocenters. The van der Waals surface area contributed by atoms with E-state index >= 15 is 0 Å². The molecule has 0 fully saturated rings. The van der Waals surface area contributed by atoms with Gasteiger partial charge in [0.15, 0.2) is 0 Å². The fraction of sp³-hybridized carbons (Fsp3) is 0.105. The number of amides is 1. The highest BCUT2D eigenvalue weighted by molar-refractivity contribution is 7.89. The molecule has 1 aromatic heterocycles. The quantitative estimate of drug-likeness (QED) is 0.650. The zero-order valence-electron chi connectivity index (χ0n) is 14.4. The fourth-order valence-corrected chi connectivity index (χ4v) is 3.60. The molecule has 0 aliphatic heterocycles. The predicted octanol–water partition coefficient (Wildman–Crippen LogP) is 3.97. The number of furan rings is 1. The molecule has 0 atom stereocenters. The number of sulfonamides is 1. The van der Waals surface area contributed by atoms with Gasteiger partial charge in [0, 0.05) is 16.3 Å². The molecule has 1 amide bonds. The molecule has 0 aliphatic carbocycles. The number of anilines is 1. The second-order valence-corrected chi connectivity index (χ2v) is 8.05. The summed E-state index contributed by atoms with van der Waals surface area (Å²) < 4.78 is 32.5. The molecule has 0 spiro atoms. The Morgan fingerprint density at radius 2 is 1.93 bits per heavy atom. The van der Waals surface area contributed by atoms with E-state index in [1.165, 1.54) is 24.5 Å². The summed E-state index contributed by atoms with van der Waals surface area (Å²) in [6.07, 6.45) is 1.46. The lowest BCUT2D eigenvalue weighted by Gasteiger charge is -2.10. The molecule has 3 rings (SSSR count). The Labute approximate surface area is 162 Å². The van der Waals surface area contributed by atoms with E-state index in [1.54, 1.807) is 36.4 Å². The van der Waals surface area contributed by atoms with Crippen molar-refractivity contribution in [1.29, 1.82) is 0 Å². The van der Waals surface area contributed by atoms with Crippen LogP contribution in [0.15, 0.2) is 70.2 Å². The van der Waals surface area contributed by atoms with Gasteiger partial charge in [-0.2, -0.15) is 0 Å². The Balaban J connectivity index is 1.78. The van der Waals surface area contributed by atoms with Crippen LogP contribution in [0.4, 0.5) is 5.69 Å². The molecule has 0 saturated heterocycles. The zero-order chi connectivity index (χ0) is 19.4. The number of carbonyl (C=O) groups is 1. The van der Waals surface area contributed by atoms with E-state index in [2.05, 4.69) is 10.0 Å². The fourth-order valence-electron chi connectivity index (χ4n) is 2.39. The molecule has 3 aromatic rings. The Hall–Kier alpha value is -2.61. The first kappa shape index (κ1) is 19.2. The van der Waals surface area contributed by atoms with Crippen LogP contribution in [0.5, 0.6) is 0 Å². The van der Waals surface area contributed by atoms with Crippen molar-refractivity contribution in [3.63, 3.8) is 0 Å². The van der Waals surface area contributed by atoms with Crippen molar-refractivity contribution in [2.75, 3.05) is 5.32 Å². The second kappa shape index (κ2) is 7.96. The van der Waals surface area contributed by atoms with Crippen LogP contribution in [0.2, 0.25) is 5.02 Å². The lowest BCUT2D eigenvalue weighted by Crippen LogP contribution is -2.23. The summed E-state index contributed by atoms with van der Waals surface area (Å²) in [7, 11) is -3.79. The first-order valence-electron chi connectivity index (χ1n) is 8.05. The highest BCUT2D eigenvalue weighted by Gasteiger charge is 2.17. The number of carbonyl (C=O) groups excluding carboxylic acids is 1. The predicted molar refractivity (Wildman–Crippen MR) is 103 cm³/mol. The zero-order valence-corrected chi connectivity index (χ0v) is 16.0. The van der Waals surface area contributed by atoms with Crippen LogP contribution in [0, 0.1) is 6.92 Å². The van der Waals surface area contributed by atoms with Crippen LogP contribution in [0.1, 0.15) is 21.7 Å². The van der Waals surface area contributed by atoms with Crippen molar-refractivity contribution >= 4 is 33.2 Å². The van der Waals surface area contributed by atoms with E-state index in [0.29, 0.717) is 16.5 Å². The first-order valence-corrected chi connectivity index (χ1v) is 9.91. The van der Waals surface area contributed by atoms with Gasteiger partial charge in [-0.3, -0.25) is 4.79 Å². The summed E-state index contributed by atoms with van der Waals surface area (Å²) in [4.78, 5) is 12.5. The van der Waals surface area contributed by atoms with Crippen LogP contribution in [0.3, 0.4) is 0 Å². The van der Waals surface area contributed by atoms with E-state index in [-0.39, 0.29) is 17.0 Å². The SMILES string of the molecule is Cc1ccc(Cl)cc1NC(=O)c1cccc(S(=O)(=O)NCc2ccco2)c1. The van der Waals surface area contributed by atoms with E-state index < -0.39 is 15.9 Å². The van der Waals surface area contributed by atoms with Crippen LogP contribution in [0.25, 0.3) is 0 Å². The first-order chi connectivity index (χ1) is 12.8. The van der Waals surface area contributed by atoms with Crippen LogP contribution >= 0.6 is 11.6 Å². The Morgan fingerprint density at radius 3 is 2.67 bits per heavy atom. The standard InChI is InChI=1S/C19H17ClN2O4S/c1-13-7-8-15(20)11-18(13)22-19(23)14-4-2-6-17(10-14)27(24,25)21-12-16-5-3-9-26-16/h2-11,21H,12H2,1H3,(H,22,23). The Kier molecular flexibility index (Phi) is 5.65. The number of hydrogen-bond acceptors (Lipinski definition) is 4. The van der Waals surface area contributed by atoms with Gasteiger partial charge >= 0.3 is 0 Å². The van der Waals surface area contributed by atoms with Crippen LogP contribution in [-0.2, 0) is 16.6 Å². The molecule has 6 nitrogen and oxygen atoms in total. The second-order valence-electron chi connectivity index (χ2n) is 5.85. The molecule has 0 radical (unpaired) electrons. The third-order valence-electron chi connectivity index (χ3n) is 3.87. The third-order valence-corrected chi connectivity index (χ3v) is 5.50. The maximum atomic E-state index is 12.5. The van der Waals surface area contributed by atoms with E-state index in [4.69, 9.17) is 16.0 Å². The molecule has 1 heterocycles. The van der Waals surface area contributed by atoms with Crippen molar-refractivity contribution < 1.29 is 17.6 Å². The molecule has 2 aromatic carbocycles. The maximum absolute atomic E-state index is 12.5. The van der Waals surface area contributed by atoms with Gasteiger partial charge in [0.05, 0.1) is 17.7 Å². The molecule has 27 heavy (non-hydrogen) atoms. The van der Waals surface area contributed by atoms with Crippen molar-refractivity contribution in [3.8, 4) is 0 Å². The van der Waals surface area contributed by atoms with E-state index in [0.717, 1.165) is 5.56 Å². The topological polar surface area (TPSA) is 88.4 Å². The van der Waals surface area contributed by atoms with E-state index in [9.17, 15) is 13.2 Å². The lowest BCUT2D eigenvalue weighted by atomic mass is 10.1. The van der Waals surface area contributed by atoms with Gasteiger partial charge in [-0.1, -0.05) is 23.7 Å². The van der Waals surface area contributed by atoms with Crippen molar-refractivity contribution in [2.24, 2.45) is 0 Å². The minimum Gasteiger partial charge on any atom is -0.468 e. The highest BCUT2D eigenvalue weighted by Crippen LogP contribution is 2.21. The van der Waals surface area contributed by atoms with Gasteiger partial charge in [-0.05, 0) is 55.0 Å². The van der Waals surface area contributed by atoms with Gasteiger partial charge in [0.25, 0.3) is 5.91 Å². The molecule has 140 valence electrons. The van der Waals surface area contributed by atoms with Crippen LogP contribution < -0.4 is 10.0 Å². The number of aryl methyl sites for hydroxylation is 1. The molecule has 2 N–H and O–H groups in total. The van der Waals surface area contributed by atoms with Crippen molar-refractivity contribution in [3.05, 3.63) is 82.8 Å².